The average Bonchev–Trinajstić information content (AvgIpc) is 3.01. The van der Waals surface area contributed by atoms with E-state index in [2.05, 4.69) is 36.1 Å². The molecule has 1 saturated heterocycles. The fraction of sp³-hybridized carbons (Fsp3) is 0.583. The smallest absolute Gasteiger partial charge is 0.222 e. The lowest BCUT2D eigenvalue weighted by atomic mass is 10.1. The molecule has 1 aliphatic heterocycles. The number of anilines is 1. The van der Waals surface area contributed by atoms with Crippen LogP contribution in [0.4, 0.5) is 5.82 Å². The van der Waals surface area contributed by atoms with E-state index in [0.717, 1.165) is 41.8 Å². The summed E-state index contributed by atoms with van der Waals surface area (Å²) in [7, 11) is 1.71. The Morgan fingerprint density at radius 2 is 1.93 bits per heavy atom. The molecule has 1 fully saturated rings. The minimum Gasteiger partial charge on any atom is -0.385 e. The Kier molecular flexibility index (Phi) is 7.87. The second-order valence-corrected chi connectivity index (χ2v) is 8.08. The lowest BCUT2D eigenvalue weighted by molar-refractivity contribution is -0.131. The van der Waals surface area contributed by atoms with E-state index in [1.54, 1.807) is 7.11 Å². The Labute approximate surface area is 175 Å². The van der Waals surface area contributed by atoms with Crippen LogP contribution in [-0.4, -0.2) is 49.1 Å². The monoisotopic (exact) mass is 397 g/mol. The molecule has 0 bridgehead atoms. The Morgan fingerprint density at radius 1 is 1.17 bits per heavy atom. The minimum atomic E-state index is 0.187. The van der Waals surface area contributed by atoms with Crippen LogP contribution >= 0.6 is 0 Å². The summed E-state index contributed by atoms with van der Waals surface area (Å²) in [5, 5.41) is 1.14. The molecular formula is C24H35N3O2. The molecule has 0 spiro atoms. The first-order valence-corrected chi connectivity index (χ1v) is 11.0. The summed E-state index contributed by atoms with van der Waals surface area (Å²) >= 11 is 0. The maximum atomic E-state index is 12.6. The van der Waals surface area contributed by atoms with Crippen molar-refractivity contribution in [2.24, 2.45) is 0 Å². The largest absolute Gasteiger partial charge is 0.385 e. The van der Waals surface area contributed by atoms with E-state index in [4.69, 9.17) is 9.72 Å². The van der Waals surface area contributed by atoms with Gasteiger partial charge in [-0.25, -0.2) is 4.98 Å². The van der Waals surface area contributed by atoms with Gasteiger partial charge in [0, 0.05) is 57.3 Å². The van der Waals surface area contributed by atoms with Gasteiger partial charge in [0.05, 0.1) is 5.52 Å². The van der Waals surface area contributed by atoms with Gasteiger partial charge in [0.2, 0.25) is 5.91 Å². The van der Waals surface area contributed by atoms with Crippen LogP contribution in [0.3, 0.4) is 0 Å². The van der Waals surface area contributed by atoms with Gasteiger partial charge in [-0.05, 0) is 43.9 Å². The molecular weight excluding hydrogens is 362 g/mol. The standard InChI is InChI=1S/C24H35N3O2/c1-4-23(28)27(14-9-15-29-3)18-21-17-20-11-10-19(2)16-22(20)25-24(21)26-12-7-5-6-8-13-26/h10-11,16-17H,4-9,12-15,18H2,1-3H3. The Hall–Kier alpha value is -2.14. The molecule has 1 aromatic carbocycles. The number of aromatic nitrogens is 1. The van der Waals surface area contributed by atoms with Crippen molar-refractivity contribution in [1.29, 1.82) is 0 Å². The van der Waals surface area contributed by atoms with Gasteiger partial charge in [-0.15, -0.1) is 0 Å². The quantitative estimate of drug-likeness (QED) is 0.606. The number of nitrogens with zero attached hydrogens (tertiary/aromatic N) is 3. The topological polar surface area (TPSA) is 45.7 Å². The molecule has 2 heterocycles. The first kappa shape index (κ1) is 21.6. The van der Waals surface area contributed by atoms with E-state index in [9.17, 15) is 4.79 Å². The molecule has 29 heavy (non-hydrogen) atoms. The number of carbonyl (C=O) groups excluding carboxylic acids is 1. The van der Waals surface area contributed by atoms with Crippen LogP contribution in [0.25, 0.3) is 10.9 Å². The van der Waals surface area contributed by atoms with E-state index in [1.807, 2.05) is 11.8 Å². The SMILES string of the molecule is CCC(=O)N(CCCOC)Cc1cc2ccc(C)cc2nc1N1CCCCCC1. The van der Waals surface area contributed by atoms with E-state index >= 15 is 0 Å². The number of aryl methyl sites for hydroxylation is 1. The fourth-order valence-corrected chi connectivity index (χ4v) is 4.10. The van der Waals surface area contributed by atoms with Crippen molar-refractivity contribution in [3.63, 3.8) is 0 Å². The van der Waals surface area contributed by atoms with Gasteiger partial charge in [0.25, 0.3) is 0 Å². The minimum absolute atomic E-state index is 0.187. The van der Waals surface area contributed by atoms with Crippen molar-refractivity contribution >= 4 is 22.6 Å². The van der Waals surface area contributed by atoms with Crippen molar-refractivity contribution in [1.82, 2.24) is 9.88 Å². The number of fused-ring (bicyclic) bond motifs is 1. The molecule has 0 unspecified atom stereocenters. The molecule has 1 aromatic heterocycles. The maximum absolute atomic E-state index is 12.6. The normalized spacial score (nSPS) is 14.8. The van der Waals surface area contributed by atoms with Crippen LogP contribution in [-0.2, 0) is 16.1 Å². The third kappa shape index (κ3) is 5.69. The zero-order valence-corrected chi connectivity index (χ0v) is 18.2. The highest BCUT2D eigenvalue weighted by molar-refractivity contribution is 5.83. The zero-order valence-electron chi connectivity index (χ0n) is 18.2. The predicted molar refractivity (Wildman–Crippen MR) is 119 cm³/mol. The van der Waals surface area contributed by atoms with Crippen molar-refractivity contribution in [2.45, 2.75) is 58.9 Å². The number of methoxy groups -OCH3 is 1. The molecule has 0 atom stereocenters. The number of carbonyl (C=O) groups is 1. The van der Waals surface area contributed by atoms with Gasteiger partial charge in [0.1, 0.15) is 5.82 Å². The summed E-state index contributed by atoms with van der Waals surface area (Å²) in [5.41, 5.74) is 3.42. The number of hydrogen-bond donors (Lipinski definition) is 0. The first-order chi connectivity index (χ1) is 14.1. The lowest BCUT2D eigenvalue weighted by Gasteiger charge is -2.28. The third-order valence-electron chi connectivity index (χ3n) is 5.73. The molecule has 5 heteroatoms. The van der Waals surface area contributed by atoms with Gasteiger partial charge in [-0.1, -0.05) is 31.9 Å². The van der Waals surface area contributed by atoms with E-state index in [1.165, 1.54) is 31.2 Å². The van der Waals surface area contributed by atoms with Crippen LogP contribution < -0.4 is 4.90 Å². The van der Waals surface area contributed by atoms with Gasteiger partial charge < -0.3 is 14.5 Å². The number of benzene rings is 1. The van der Waals surface area contributed by atoms with E-state index in [0.29, 0.717) is 26.1 Å². The van der Waals surface area contributed by atoms with E-state index < -0.39 is 0 Å². The van der Waals surface area contributed by atoms with Crippen molar-refractivity contribution in [2.75, 3.05) is 38.3 Å². The van der Waals surface area contributed by atoms with Crippen molar-refractivity contribution < 1.29 is 9.53 Å². The number of pyridine rings is 1. The molecule has 0 N–H and O–H groups in total. The molecule has 1 amide bonds. The van der Waals surface area contributed by atoms with Crippen LogP contribution in [0.1, 0.15) is 56.6 Å². The third-order valence-corrected chi connectivity index (χ3v) is 5.73. The lowest BCUT2D eigenvalue weighted by Crippen LogP contribution is -2.33. The number of amides is 1. The van der Waals surface area contributed by atoms with Crippen LogP contribution in [0.15, 0.2) is 24.3 Å². The van der Waals surface area contributed by atoms with Gasteiger partial charge in [-0.3, -0.25) is 4.79 Å². The summed E-state index contributed by atoms with van der Waals surface area (Å²) in [6.45, 7) is 8.12. The molecule has 5 nitrogen and oxygen atoms in total. The molecule has 2 aromatic rings. The van der Waals surface area contributed by atoms with Crippen molar-refractivity contribution in [3.8, 4) is 0 Å². The molecule has 1 aliphatic rings. The summed E-state index contributed by atoms with van der Waals surface area (Å²) < 4.78 is 5.20. The van der Waals surface area contributed by atoms with E-state index in [-0.39, 0.29) is 5.91 Å². The zero-order chi connectivity index (χ0) is 20.6. The van der Waals surface area contributed by atoms with Gasteiger partial charge in [0.15, 0.2) is 0 Å². The number of hydrogen-bond acceptors (Lipinski definition) is 4. The molecule has 158 valence electrons. The fourth-order valence-electron chi connectivity index (χ4n) is 4.10. The van der Waals surface area contributed by atoms with Crippen LogP contribution in [0.5, 0.6) is 0 Å². The Balaban J connectivity index is 1.97. The first-order valence-electron chi connectivity index (χ1n) is 11.0. The number of rotatable bonds is 8. The predicted octanol–water partition coefficient (Wildman–Crippen LogP) is 4.70. The van der Waals surface area contributed by atoms with Gasteiger partial charge in [-0.2, -0.15) is 0 Å². The molecule has 0 aliphatic carbocycles. The van der Waals surface area contributed by atoms with Crippen LogP contribution in [0, 0.1) is 6.92 Å². The highest BCUT2D eigenvalue weighted by Crippen LogP contribution is 2.28. The molecule has 0 saturated carbocycles. The number of ether oxygens (including phenoxy) is 1. The maximum Gasteiger partial charge on any atom is 0.222 e. The summed E-state index contributed by atoms with van der Waals surface area (Å²) in [6, 6.07) is 8.68. The highest BCUT2D eigenvalue weighted by Gasteiger charge is 2.20. The summed E-state index contributed by atoms with van der Waals surface area (Å²) in [5.74, 6) is 1.25. The Morgan fingerprint density at radius 3 is 2.62 bits per heavy atom. The summed E-state index contributed by atoms with van der Waals surface area (Å²) in [6.07, 6.45) is 6.36. The molecule has 3 rings (SSSR count). The van der Waals surface area contributed by atoms with Crippen LogP contribution in [0.2, 0.25) is 0 Å². The second-order valence-electron chi connectivity index (χ2n) is 8.08. The van der Waals surface area contributed by atoms with Gasteiger partial charge >= 0.3 is 0 Å². The highest BCUT2D eigenvalue weighted by atomic mass is 16.5. The van der Waals surface area contributed by atoms with Crippen molar-refractivity contribution in [3.05, 3.63) is 35.4 Å². The average molecular weight is 398 g/mol. The summed E-state index contributed by atoms with van der Waals surface area (Å²) in [4.78, 5) is 22.1. The Bertz CT molecular complexity index is 813. The molecule has 0 radical (unpaired) electrons. The second kappa shape index (κ2) is 10.6.